The van der Waals surface area contributed by atoms with Gasteiger partial charge in [-0.15, -0.1) is 10.2 Å². The van der Waals surface area contributed by atoms with Crippen LogP contribution in [0.1, 0.15) is 30.0 Å². The Morgan fingerprint density at radius 3 is 2.77 bits per heavy atom. The number of halogens is 2. The lowest BCUT2D eigenvalue weighted by Crippen LogP contribution is -2.15. The Labute approximate surface area is 189 Å². The van der Waals surface area contributed by atoms with Gasteiger partial charge in [0, 0.05) is 23.8 Å². The fourth-order valence-electron chi connectivity index (χ4n) is 2.82. The van der Waals surface area contributed by atoms with Crippen LogP contribution in [-0.4, -0.2) is 26.4 Å². The number of benzene rings is 2. The van der Waals surface area contributed by atoms with E-state index in [4.69, 9.17) is 27.9 Å². The second kappa shape index (κ2) is 9.73. The Morgan fingerprint density at radius 1 is 1.23 bits per heavy atom. The first-order chi connectivity index (χ1) is 14.3. The molecule has 0 spiro atoms. The quantitative estimate of drug-likeness (QED) is 0.460. The van der Waals surface area contributed by atoms with Crippen LogP contribution in [0.2, 0.25) is 10.0 Å². The molecule has 0 aliphatic rings. The fraction of sp³-hybridized carbons (Fsp3) is 0.286. The highest BCUT2D eigenvalue weighted by Crippen LogP contribution is 2.31. The Hall–Kier alpha value is -2.22. The zero-order chi connectivity index (χ0) is 21.8. The molecule has 0 aliphatic heterocycles. The molecule has 2 aromatic carbocycles. The molecular formula is C21H22Cl2N4O2S. The number of amides is 1. The highest BCUT2D eigenvalue weighted by Gasteiger charge is 2.19. The molecule has 1 amide bonds. The molecule has 9 heteroatoms. The van der Waals surface area contributed by atoms with Gasteiger partial charge in [0.05, 0.1) is 10.8 Å². The van der Waals surface area contributed by atoms with Crippen LogP contribution < -0.4 is 10.1 Å². The van der Waals surface area contributed by atoms with Gasteiger partial charge in [-0.2, -0.15) is 0 Å². The van der Waals surface area contributed by atoms with E-state index in [1.54, 1.807) is 22.8 Å². The van der Waals surface area contributed by atoms with Gasteiger partial charge in [-0.3, -0.25) is 4.79 Å². The monoisotopic (exact) mass is 464 g/mol. The highest BCUT2D eigenvalue weighted by molar-refractivity contribution is 7.99. The van der Waals surface area contributed by atoms with Crippen molar-refractivity contribution in [1.29, 1.82) is 0 Å². The first-order valence-corrected chi connectivity index (χ1v) is 11.0. The molecule has 0 saturated carbocycles. The summed E-state index contributed by atoms with van der Waals surface area (Å²) >= 11 is 13.5. The van der Waals surface area contributed by atoms with Crippen molar-refractivity contribution in [1.82, 2.24) is 14.8 Å². The second-order valence-corrected chi connectivity index (χ2v) is 8.61. The maximum atomic E-state index is 12.4. The average molecular weight is 465 g/mol. The van der Waals surface area contributed by atoms with E-state index in [0.29, 0.717) is 26.8 Å². The minimum atomic E-state index is -0.406. The number of aromatic nitrogens is 3. The van der Waals surface area contributed by atoms with Gasteiger partial charge in [-0.05, 0) is 50.1 Å². The van der Waals surface area contributed by atoms with Gasteiger partial charge >= 0.3 is 0 Å². The third kappa shape index (κ3) is 5.28. The number of carbonyl (C=O) groups excluding carboxylic acids is 1. The number of thioether (sulfide) groups is 1. The van der Waals surface area contributed by atoms with Crippen LogP contribution in [0.25, 0.3) is 0 Å². The van der Waals surface area contributed by atoms with Gasteiger partial charge in [-0.1, -0.05) is 47.1 Å². The number of nitrogens with one attached hydrogen (secondary N) is 1. The predicted octanol–water partition coefficient (Wildman–Crippen LogP) is 5.61. The lowest BCUT2D eigenvalue weighted by Gasteiger charge is -2.15. The summed E-state index contributed by atoms with van der Waals surface area (Å²) in [5.74, 6) is 1.20. The van der Waals surface area contributed by atoms with E-state index in [1.165, 1.54) is 11.8 Å². The lowest BCUT2D eigenvalue weighted by molar-refractivity contribution is -0.113. The number of aryl methyl sites for hydroxylation is 1. The lowest BCUT2D eigenvalue weighted by atomic mass is 10.1. The maximum Gasteiger partial charge on any atom is 0.234 e. The number of rotatable bonds is 7. The molecule has 0 aliphatic carbocycles. The molecule has 1 aromatic heterocycles. The minimum Gasteiger partial charge on any atom is -0.481 e. The first-order valence-electron chi connectivity index (χ1n) is 9.26. The largest absolute Gasteiger partial charge is 0.481 e. The number of anilines is 1. The molecule has 3 aromatic rings. The molecular weight excluding hydrogens is 443 g/mol. The van der Waals surface area contributed by atoms with Crippen molar-refractivity contribution < 1.29 is 9.53 Å². The van der Waals surface area contributed by atoms with Gasteiger partial charge in [0.1, 0.15) is 5.75 Å². The highest BCUT2D eigenvalue weighted by atomic mass is 35.5. The van der Waals surface area contributed by atoms with E-state index in [2.05, 4.69) is 15.5 Å². The third-order valence-electron chi connectivity index (χ3n) is 4.64. The standard InChI is InChI=1S/C21H22Cl2N4O2S/c1-12-6-5-7-17(13(12)2)24-19(28)11-30-21-26-25-20(27(21)4)14(3)29-18-10-15(22)8-9-16(18)23/h5-10,14H,11H2,1-4H3,(H,24,28). The van der Waals surface area contributed by atoms with Gasteiger partial charge in [0.25, 0.3) is 0 Å². The van der Waals surface area contributed by atoms with Crippen molar-refractivity contribution in [2.75, 3.05) is 11.1 Å². The second-order valence-electron chi connectivity index (χ2n) is 6.82. The van der Waals surface area contributed by atoms with Crippen LogP contribution in [0.5, 0.6) is 5.75 Å². The van der Waals surface area contributed by atoms with Crippen LogP contribution in [0, 0.1) is 13.8 Å². The Morgan fingerprint density at radius 2 is 2.00 bits per heavy atom. The van der Waals surface area contributed by atoms with Gasteiger partial charge in [0.15, 0.2) is 17.1 Å². The van der Waals surface area contributed by atoms with Gasteiger partial charge < -0.3 is 14.6 Å². The van der Waals surface area contributed by atoms with E-state index >= 15 is 0 Å². The molecule has 6 nitrogen and oxygen atoms in total. The van der Waals surface area contributed by atoms with Crippen molar-refractivity contribution in [3.8, 4) is 5.75 Å². The Balaban J connectivity index is 1.62. The normalized spacial score (nSPS) is 11.9. The third-order valence-corrected chi connectivity index (χ3v) is 6.21. The zero-order valence-corrected chi connectivity index (χ0v) is 19.4. The Bertz CT molecular complexity index is 1070. The van der Waals surface area contributed by atoms with Crippen LogP contribution >= 0.6 is 35.0 Å². The predicted molar refractivity (Wildman–Crippen MR) is 122 cm³/mol. The molecule has 158 valence electrons. The van der Waals surface area contributed by atoms with Gasteiger partial charge in [0.2, 0.25) is 5.91 Å². The van der Waals surface area contributed by atoms with E-state index in [-0.39, 0.29) is 11.7 Å². The molecule has 1 atom stereocenters. The summed E-state index contributed by atoms with van der Waals surface area (Å²) in [5.41, 5.74) is 3.01. The molecule has 0 saturated heterocycles. The maximum absolute atomic E-state index is 12.4. The van der Waals surface area contributed by atoms with Crippen molar-refractivity contribution in [2.24, 2.45) is 7.05 Å². The summed E-state index contributed by atoms with van der Waals surface area (Å²) in [6.07, 6.45) is -0.406. The number of hydrogen-bond acceptors (Lipinski definition) is 5. The van der Waals surface area contributed by atoms with Crippen LogP contribution in [-0.2, 0) is 11.8 Å². The van der Waals surface area contributed by atoms with E-state index in [9.17, 15) is 4.79 Å². The van der Waals surface area contributed by atoms with E-state index < -0.39 is 6.10 Å². The number of ether oxygens (including phenoxy) is 1. The summed E-state index contributed by atoms with van der Waals surface area (Å²) in [6, 6.07) is 10.9. The topological polar surface area (TPSA) is 69.0 Å². The summed E-state index contributed by atoms with van der Waals surface area (Å²) < 4.78 is 7.71. The molecule has 1 heterocycles. The van der Waals surface area contributed by atoms with Crippen molar-refractivity contribution in [2.45, 2.75) is 32.0 Å². The summed E-state index contributed by atoms with van der Waals surface area (Å²) in [4.78, 5) is 12.4. The van der Waals surface area contributed by atoms with Crippen molar-refractivity contribution in [3.05, 3.63) is 63.4 Å². The molecule has 30 heavy (non-hydrogen) atoms. The Kier molecular flexibility index (Phi) is 7.28. The summed E-state index contributed by atoms with van der Waals surface area (Å²) in [6.45, 7) is 5.85. The van der Waals surface area contributed by atoms with Crippen LogP contribution in [0.4, 0.5) is 5.69 Å². The fourth-order valence-corrected chi connectivity index (χ4v) is 3.86. The van der Waals surface area contributed by atoms with Crippen LogP contribution in [0.3, 0.4) is 0 Å². The molecule has 3 rings (SSSR count). The minimum absolute atomic E-state index is 0.103. The molecule has 1 unspecified atom stereocenters. The summed E-state index contributed by atoms with van der Waals surface area (Å²) in [5, 5.41) is 13.0. The van der Waals surface area contributed by atoms with E-state index in [0.717, 1.165) is 16.8 Å². The number of carbonyl (C=O) groups is 1. The smallest absolute Gasteiger partial charge is 0.234 e. The molecule has 0 fully saturated rings. The molecule has 0 radical (unpaired) electrons. The zero-order valence-electron chi connectivity index (χ0n) is 17.1. The van der Waals surface area contributed by atoms with Gasteiger partial charge in [-0.25, -0.2) is 0 Å². The number of nitrogens with zero attached hydrogens (tertiary/aromatic N) is 3. The average Bonchev–Trinajstić information content (AvgIpc) is 3.07. The molecule has 0 bridgehead atoms. The van der Waals surface area contributed by atoms with Crippen molar-refractivity contribution >= 4 is 46.6 Å². The first kappa shape index (κ1) is 22.5. The van der Waals surface area contributed by atoms with Crippen LogP contribution in [0.15, 0.2) is 41.6 Å². The van der Waals surface area contributed by atoms with Crippen molar-refractivity contribution in [3.63, 3.8) is 0 Å². The molecule has 1 N–H and O–H groups in total. The summed E-state index contributed by atoms with van der Waals surface area (Å²) in [7, 11) is 1.83. The number of hydrogen-bond donors (Lipinski definition) is 1. The SMILES string of the molecule is Cc1cccc(NC(=O)CSc2nnc(C(C)Oc3cc(Cl)ccc3Cl)n2C)c1C. The van der Waals surface area contributed by atoms with E-state index in [1.807, 2.05) is 46.0 Å².